The van der Waals surface area contributed by atoms with Crippen molar-refractivity contribution in [3.63, 3.8) is 0 Å². The predicted octanol–water partition coefficient (Wildman–Crippen LogP) is 3.65. The molecule has 1 aromatic carbocycles. The maximum atomic E-state index is 4.41. The number of hydrogen-bond donors (Lipinski definition) is 0. The number of hydrogen-bond acceptors (Lipinski definition) is 3. The number of piperidine rings is 1. The Bertz CT molecular complexity index is 589. The van der Waals surface area contributed by atoms with Gasteiger partial charge in [0, 0.05) is 6.54 Å². The number of nitrogens with zero attached hydrogens (tertiary/aromatic N) is 4. The van der Waals surface area contributed by atoms with Crippen molar-refractivity contribution in [1.29, 1.82) is 0 Å². The summed E-state index contributed by atoms with van der Waals surface area (Å²) in [6.07, 6.45) is 7.46. The van der Waals surface area contributed by atoms with Crippen LogP contribution in [0.5, 0.6) is 0 Å². The third-order valence-electron chi connectivity index (χ3n) is 4.80. The number of rotatable bonds is 4. The van der Waals surface area contributed by atoms with E-state index in [0.717, 1.165) is 6.54 Å². The van der Waals surface area contributed by atoms with Gasteiger partial charge >= 0.3 is 0 Å². The molecule has 3 rings (SSSR count). The molecule has 0 spiro atoms. The van der Waals surface area contributed by atoms with Crippen molar-refractivity contribution >= 4 is 0 Å². The Balaban J connectivity index is 1.83. The molecule has 1 atom stereocenters. The first kappa shape index (κ1) is 16.2. The lowest BCUT2D eigenvalue weighted by molar-refractivity contribution is 0.203. The van der Waals surface area contributed by atoms with Gasteiger partial charge < -0.3 is 4.90 Å². The van der Waals surface area contributed by atoms with Crippen LogP contribution in [-0.2, 0) is 5.41 Å². The minimum atomic E-state index is 0.189. The van der Waals surface area contributed by atoms with Gasteiger partial charge in [0.1, 0.15) is 12.7 Å². The maximum absolute atomic E-state index is 4.41. The summed E-state index contributed by atoms with van der Waals surface area (Å²) in [5, 5.41) is 4.41. The normalized spacial score (nSPS) is 18.0. The molecule has 1 aliphatic heterocycles. The van der Waals surface area contributed by atoms with Crippen LogP contribution >= 0.6 is 0 Å². The summed E-state index contributed by atoms with van der Waals surface area (Å²) in [4.78, 5) is 6.71. The Morgan fingerprint density at radius 1 is 1.04 bits per heavy atom. The van der Waals surface area contributed by atoms with E-state index in [9.17, 15) is 0 Å². The number of aromatic nitrogens is 3. The van der Waals surface area contributed by atoms with Gasteiger partial charge in [-0.1, -0.05) is 51.5 Å². The van der Waals surface area contributed by atoms with Crippen molar-refractivity contribution < 1.29 is 0 Å². The van der Waals surface area contributed by atoms with Crippen LogP contribution in [-0.4, -0.2) is 39.3 Å². The average Bonchev–Trinajstić information content (AvgIpc) is 3.07. The Morgan fingerprint density at radius 2 is 1.74 bits per heavy atom. The summed E-state index contributed by atoms with van der Waals surface area (Å²) in [5.74, 6) is 0. The third-order valence-corrected chi connectivity index (χ3v) is 4.80. The van der Waals surface area contributed by atoms with Crippen molar-refractivity contribution in [3.05, 3.63) is 48.0 Å². The highest BCUT2D eigenvalue weighted by molar-refractivity contribution is 5.29. The molecule has 1 unspecified atom stereocenters. The SMILES string of the molecule is CC(C)(C)c1ccc(C(CN2CCCCC2)n2cncn2)cc1. The lowest BCUT2D eigenvalue weighted by Crippen LogP contribution is -2.35. The van der Waals surface area contributed by atoms with Gasteiger partial charge in [-0.2, -0.15) is 5.10 Å². The summed E-state index contributed by atoms with van der Waals surface area (Å²) < 4.78 is 2.00. The fraction of sp³-hybridized carbons (Fsp3) is 0.579. The molecule has 124 valence electrons. The summed E-state index contributed by atoms with van der Waals surface area (Å²) in [6.45, 7) is 10.2. The number of benzene rings is 1. The first-order valence-electron chi connectivity index (χ1n) is 8.71. The van der Waals surface area contributed by atoms with Crippen molar-refractivity contribution in [2.45, 2.75) is 51.5 Å². The Labute approximate surface area is 139 Å². The molecule has 0 amide bonds. The molecule has 23 heavy (non-hydrogen) atoms. The topological polar surface area (TPSA) is 34.0 Å². The molecule has 4 nitrogen and oxygen atoms in total. The minimum absolute atomic E-state index is 0.189. The van der Waals surface area contributed by atoms with Gasteiger partial charge in [0.05, 0.1) is 6.04 Å². The molecule has 2 aromatic rings. The molecule has 0 bridgehead atoms. The smallest absolute Gasteiger partial charge is 0.137 e. The van der Waals surface area contributed by atoms with E-state index in [1.165, 1.54) is 43.5 Å². The molecule has 1 aromatic heterocycles. The summed E-state index contributed by atoms with van der Waals surface area (Å²) in [7, 11) is 0. The van der Waals surface area contributed by atoms with E-state index in [0.29, 0.717) is 0 Å². The Morgan fingerprint density at radius 3 is 2.30 bits per heavy atom. The summed E-state index contributed by atoms with van der Waals surface area (Å²) in [5.41, 5.74) is 2.87. The van der Waals surface area contributed by atoms with Crippen molar-refractivity contribution in [3.8, 4) is 0 Å². The van der Waals surface area contributed by atoms with E-state index >= 15 is 0 Å². The first-order valence-corrected chi connectivity index (χ1v) is 8.71. The summed E-state index contributed by atoms with van der Waals surface area (Å²) >= 11 is 0. The van der Waals surface area contributed by atoms with Gasteiger partial charge in [-0.05, 0) is 42.5 Å². The van der Waals surface area contributed by atoms with E-state index in [1.54, 1.807) is 6.33 Å². The van der Waals surface area contributed by atoms with Crippen LogP contribution in [0.1, 0.15) is 57.2 Å². The zero-order chi connectivity index (χ0) is 16.3. The average molecular weight is 312 g/mol. The highest BCUT2D eigenvalue weighted by Gasteiger charge is 2.21. The van der Waals surface area contributed by atoms with E-state index in [2.05, 4.69) is 60.0 Å². The van der Waals surface area contributed by atoms with Gasteiger partial charge in [0.2, 0.25) is 0 Å². The van der Waals surface area contributed by atoms with Crippen LogP contribution in [0.4, 0.5) is 0 Å². The lowest BCUT2D eigenvalue weighted by Gasteiger charge is -2.31. The van der Waals surface area contributed by atoms with Crippen LogP contribution in [0, 0.1) is 0 Å². The molecule has 1 saturated heterocycles. The highest BCUT2D eigenvalue weighted by atomic mass is 15.3. The summed E-state index contributed by atoms with van der Waals surface area (Å²) in [6, 6.07) is 9.28. The molecule has 0 N–H and O–H groups in total. The minimum Gasteiger partial charge on any atom is -0.301 e. The van der Waals surface area contributed by atoms with E-state index in [-0.39, 0.29) is 11.5 Å². The molecule has 0 radical (unpaired) electrons. The fourth-order valence-electron chi connectivity index (χ4n) is 3.31. The molecule has 1 aliphatic rings. The van der Waals surface area contributed by atoms with Crippen LogP contribution in [0.25, 0.3) is 0 Å². The maximum Gasteiger partial charge on any atom is 0.137 e. The lowest BCUT2D eigenvalue weighted by atomic mass is 9.86. The van der Waals surface area contributed by atoms with Crippen LogP contribution in [0.2, 0.25) is 0 Å². The van der Waals surface area contributed by atoms with Crippen LogP contribution in [0.3, 0.4) is 0 Å². The predicted molar refractivity (Wildman–Crippen MR) is 93.6 cm³/mol. The molecule has 0 aliphatic carbocycles. The van der Waals surface area contributed by atoms with E-state index in [1.807, 2.05) is 11.0 Å². The van der Waals surface area contributed by atoms with Crippen LogP contribution < -0.4 is 0 Å². The second kappa shape index (κ2) is 6.83. The molecular weight excluding hydrogens is 284 g/mol. The second-order valence-corrected chi connectivity index (χ2v) is 7.62. The van der Waals surface area contributed by atoms with Gasteiger partial charge in [-0.3, -0.25) is 0 Å². The standard InChI is InChI=1S/C19H28N4/c1-19(2,3)17-9-7-16(8-10-17)18(23-15-20-14-21-23)13-22-11-5-4-6-12-22/h7-10,14-15,18H,4-6,11-13H2,1-3H3. The Hall–Kier alpha value is -1.68. The van der Waals surface area contributed by atoms with Crippen molar-refractivity contribution in [1.82, 2.24) is 19.7 Å². The molecule has 4 heteroatoms. The first-order chi connectivity index (χ1) is 11.0. The van der Waals surface area contributed by atoms with Gasteiger partial charge in [-0.25, -0.2) is 9.67 Å². The largest absolute Gasteiger partial charge is 0.301 e. The zero-order valence-corrected chi connectivity index (χ0v) is 14.6. The second-order valence-electron chi connectivity index (χ2n) is 7.62. The highest BCUT2D eigenvalue weighted by Crippen LogP contribution is 2.26. The van der Waals surface area contributed by atoms with Crippen molar-refractivity contribution in [2.24, 2.45) is 0 Å². The quantitative estimate of drug-likeness (QED) is 0.864. The third kappa shape index (κ3) is 3.99. The monoisotopic (exact) mass is 312 g/mol. The van der Waals surface area contributed by atoms with Crippen molar-refractivity contribution in [2.75, 3.05) is 19.6 Å². The molecule has 2 heterocycles. The van der Waals surface area contributed by atoms with E-state index < -0.39 is 0 Å². The molecular formula is C19H28N4. The van der Waals surface area contributed by atoms with Crippen LogP contribution in [0.15, 0.2) is 36.9 Å². The van der Waals surface area contributed by atoms with Gasteiger partial charge in [-0.15, -0.1) is 0 Å². The zero-order valence-electron chi connectivity index (χ0n) is 14.6. The van der Waals surface area contributed by atoms with Gasteiger partial charge in [0.25, 0.3) is 0 Å². The fourth-order valence-corrected chi connectivity index (χ4v) is 3.31. The molecule has 0 saturated carbocycles. The molecule has 1 fully saturated rings. The Kier molecular flexibility index (Phi) is 4.81. The van der Waals surface area contributed by atoms with E-state index in [4.69, 9.17) is 0 Å². The number of likely N-dealkylation sites (tertiary alicyclic amines) is 1. The van der Waals surface area contributed by atoms with Gasteiger partial charge in [0.15, 0.2) is 0 Å².